The van der Waals surface area contributed by atoms with Crippen molar-refractivity contribution in [3.05, 3.63) is 27.8 Å². The number of halogens is 1. The van der Waals surface area contributed by atoms with E-state index in [0.717, 1.165) is 23.0 Å². The molecule has 2 atom stereocenters. The van der Waals surface area contributed by atoms with Crippen LogP contribution in [0.3, 0.4) is 0 Å². The van der Waals surface area contributed by atoms with E-state index in [0.29, 0.717) is 5.69 Å². The van der Waals surface area contributed by atoms with Crippen LogP contribution in [0.1, 0.15) is 19.8 Å². The van der Waals surface area contributed by atoms with Gasteiger partial charge >= 0.3 is 11.8 Å². The molecule has 2 amide bonds. The first-order valence-corrected chi connectivity index (χ1v) is 7.64. The molecule has 0 aromatic heterocycles. The number of rotatable bonds is 3. The molecule has 1 heterocycles. The first-order chi connectivity index (χ1) is 9.58. The molecule has 0 saturated carbocycles. The van der Waals surface area contributed by atoms with Gasteiger partial charge in [0.1, 0.15) is 0 Å². The van der Waals surface area contributed by atoms with Gasteiger partial charge in [-0.2, -0.15) is 0 Å². The van der Waals surface area contributed by atoms with E-state index in [4.69, 9.17) is 4.74 Å². The van der Waals surface area contributed by atoms with Crippen LogP contribution in [-0.2, 0) is 14.3 Å². The third-order valence-electron chi connectivity index (χ3n) is 3.21. The van der Waals surface area contributed by atoms with Crippen molar-refractivity contribution in [3.63, 3.8) is 0 Å². The number of para-hydroxylation sites is 1. The second-order valence-corrected chi connectivity index (χ2v) is 5.91. The van der Waals surface area contributed by atoms with Gasteiger partial charge in [0.05, 0.1) is 17.8 Å². The van der Waals surface area contributed by atoms with Crippen molar-refractivity contribution in [2.24, 2.45) is 0 Å². The molecule has 1 aliphatic rings. The molecule has 5 nitrogen and oxygen atoms in total. The van der Waals surface area contributed by atoms with E-state index < -0.39 is 11.8 Å². The highest BCUT2D eigenvalue weighted by atomic mass is 127. The predicted octanol–water partition coefficient (Wildman–Crippen LogP) is 1.91. The summed E-state index contributed by atoms with van der Waals surface area (Å²) in [7, 11) is 0. The molecule has 0 unspecified atom stereocenters. The average molecular weight is 388 g/mol. The van der Waals surface area contributed by atoms with Gasteiger partial charge in [-0.15, -0.1) is 0 Å². The molecule has 1 aromatic carbocycles. The van der Waals surface area contributed by atoms with Crippen molar-refractivity contribution in [2.75, 3.05) is 11.9 Å². The number of amides is 2. The molecule has 0 bridgehead atoms. The van der Waals surface area contributed by atoms with Gasteiger partial charge in [-0.25, -0.2) is 0 Å². The fraction of sp³-hybridized carbons (Fsp3) is 0.429. The molecule has 1 aromatic rings. The summed E-state index contributed by atoms with van der Waals surface area (Å²) < 4.78 is 6.37. The number of benzene rings is 1. The molecule has 1 fully saturated rings. The Bertz CT molecular complexity index is 501. The SMILES string of the molecule is C[C@H](NC(=O)C(=O)Nc1ccccc1I)[C@@H]1CCCO1. The van der Waals surface area contributed by atoms with Gasteiger partial charge in [-0.1, -0.05) is 12.1 Å². The van der Waals surface area contributed by atoms with Crippen LogP contribution in [0.15, 0.2) is 24.3 Å². The zero-order valence-electron chi connectivity index (χ0n) is 11.2. The van der Waals surface area contributed by atoms with E-state index in [1.807, 2.05) is 25.1 Å². The van der Waals surface area contributed by atoms with Crippen LogP contribution in [0, 0.1) is 3.57 Å². The normalized spacial score (nSPS) is 19.4. The molecular formula is C14H17IN2O3. The summed E-state index contributed by atoms with van der Waals surface area (Å²) in [4.78, 5) is 23.7. The lowest BCUT2D eigenvalue weighted by atomic mass is 10.1. The minimum atomic E-state index is -0.654. The van der Waals surface area contributed by atoms with E-state index in [9.17, 15) is 9.59 Å². The maximum Gasteiger partial charge on any atom is 0.313 e. The molecule has 1 saturated heterocycles. The van der Waals surface area contributed by atoms with Crippen molar-refractivity contribution in [2.45, 2.75) is 31.9 Å². The van der Waals surface area contributed by atoms with Crippen LogP contribution in [0.4, 0.5) is 5.69 Å². The van der Waals surface area contributed by atoms with Crippen molar-refractivity contribution >= 4 is 40.1 Å². The van der Waals surface area contributed by atoms with Crippen LogP contribution < -0.4 is 10.6 Å². The Morgan fingerprint density at radius 1 is 1.35 bits per heavy atom. The average Bonchev–Trinajstić information content (AvgIpc) is 2.95. The third kappa shape index (κ3) is 3.92. The van der Waals surface area contributed by atoms with Gasteiger partial charge in [0, 0.05) is 10.2 Å². The summed E-state index contributed by atoms with van der Waals surface area (Å²) in [5.41, 5.74) is 0.637. The minimum absolute atomic E-state index is 0.00334. The Morgan fingerprint density at radius 3 is 2.75 bits per heavy atom. The Labute approximate surface area is 131 Å². The highest BCUT2D eigenvalue weighted by molar-refractivity contribution is 14.1. The highest BCUT2D eigenvalue weighted by Crippen LogP contribution is 2.17. The van der Waals surface area contributed by atoms with Gasteiger partial charge in [0.25, 0.3) is 0 Å². The number of carbonyl (C=O) groups excluding carboxylic acids is 2. The highest BCUT2D eigenvalue weighted by Gasteiger charge is 2.25. The predicted molar refractivity (Wildman–Crippen MR) is 84.4 cm³/mol. The van der Waals surface area contributed by atoms with Gasteiger partial charge in [-0.3, -0.25) is 9.59 Å². The maximum absolute atomic E-state index is 11.8. The van der Waals surface area contributed by atoms with Gasteiger partial charge in [0.15, 0.2) is 0 Å². The summed E-state index contributed by atoms with van der Waals surface area (Å²) in [5.74, 6) is -1.29. The number of ether oxygens (including phenoxy) is 1. The molecule has 1 aliphatic heterocycles. The van der Waals surface area contributed by atoms with Crippen molar-refractivity contribution in [3.8, 4) is 0 Å². The first-order valence-electron chi connectivity index (χ1n) is 6.56. The van der Waals surface area contributed by atoms with E-state index in [1.165, 1.54) is 0 Å². The van der Waals surface area contributed by atoms with Gasteiger partial charge < -0.3 is 15.4 Å². The Morgan fingerprint density at radius 2 is 2.10 bits per heavy atom. The summed E-state index contributed by atoms with van der Waals surface area (Å²) in [5, 5.41) is 5.29. The zero-order valence-corrected chi connectivity index (χ0v) is 13.3. The maximum atomic E-state index is 11.8. The number of nitrogens with one attached hydrogen (secondary N) is 2. The molecule has 0 radical (unpaired) electrons. The minimum Gasteiger partial charge on any atom is -0.376 e. The summed E-state index contributed by atoms with van der Waals surface area (Å²) in [6.07, 6.45) is 1.92. The van der Waals surface area contributed by atoms with E-state index in [-0.39, 0.29) is 12.1 Å². The largest absolute Gasteiger partial charge is 0.376 e. The second-order valence-electron chi connectivity index (χ2n) is 4.75. The first kappa shape index (κ1) is 15.2. The van der Waals surface area contributed by atoms with Crippen molar-refractivity contribution in [1.29, 1.82) is 0 Å². The molecule has 2 rings (SSSR count). The summed E-state index contributed by atoms with van der Waals surface area (Å²) in [6.45, 7) is 2.58. The molecule has 108 valence electrons. The van der Waals surface area contributed by atoms with Crippen LogP contribution >= 0.6 is 22.6 Å². The lowest BCUT2D eigenvalue weighted by Gasteiger charge is -2.19. The molecule has 0 aliphatic carbocycles. The fourth-order valence-corrected chi connectivity index (χ4v) is 2.63. The number of hydrogen-bond acceptors (Lipinski definition) is 3. The molecular weight excluding hydrogens is 371 g/mol. The molecule has 2 N–H and O–H groups in total. The van der Waals surface area contributed by atoms with Crippen LogP contribution in [-0.4, -0.2) is 30.6 Å². The van der Waals surface area contributed by atoms with E-state index in [1.54, 1.807) is 6.07 Å². The zero-order chi connectivity index (χ0) is 14.5. The second kappa shape index (κ2) is 7.03. The number of anilines is 1. The van der Waals surface area contributed by atoms with Crippen LogP contribution in [0.5, 0.6) is 0 Å². The van der Waals surface area contributed by atoms with Crippen molar-refractivity contribution in [1.82, 2.24) is 5.32 Å². The number of carbonyl (C=O) groups is 2. The summed E-state index contributed by atoms with van der Waals surface area (Å²) in [6, 6.07) is 7.15. The van der Waals surface area contributed by atoms with Crippen LogP contribution in [0.25, 0.3) is 0 Å². The lowest BCUT2D eigenvalue weighted by Crippen LogP contribution is -2.45. The Hall–Kier alpha value is -1.15. The quantitative estimate of drug-likeness (QED) is 0.614. The Balaban J connectivity index is 1.89. The van der Waals surface area contributed by atoms with E-state index in [2.05, 4.69) is 33.2 Å². The van der Waals surface area contributed by atoms with Gasteiger partial charge in [0.2, 0.25) is 0 Å². The lowest BCUT2D eigenvalue weighted by molar-refractivity contribution is -0.137. The monoisotopic (exact) mass is 388 g/mol. The fourth-order valence-electron chi connectivity index (χ4n) is 2.10. The number of hydrogen-bond donors (Lipinski definition) is 2. The Kier molecular flexibility index (Phi) is 5.36. The molecule has 20 heavy (non-hydrogen) atoms. The van der Waals surface area contributed by atoms with Crippen LogP contribution in [0.2, 0.25) is 0 Å². The van der Waals surface area contributed by atoms with Crippen molar-refractivity contribution < 1.29 is 14.3 Å². The van der Waals surface area contributed by atoms with E-state index >= 15 is 0 Å². The standard InChI is InChI=1S/C14H17IN2O3/c1-9(12-7-4-8-20-12)16-13(18)14(19)17-11-6-3-2-5-10(11)15/h2-3,5-6,9,12H,4,7-8H2,1H3,(H,16,18)(H,17,19)/t9-,12-/m0/s1. The molecule has 0 spiro atoms. The molecule has 6 heteroatoms. The summed E-state index contributed by atoms with van der Waals surface area (Å²) >= 11 is 2.11. The topological polar surface area (TPSA) is 67.4 Å². The third-order valence-corrected chi connectivity index (χ3v) is 4.15. The van der Waals surface area contributed by atoms with Gasteiger partial charge in [-0.05, 0) is 54.5 Å². The smallest absolute Gasteiger partial charge is 0.313 e.